The summed E-state index contributed by atoms with van der Waals surface area (Å²) in [5, 5.41) is 5.78. The number of carbonyl (C=O) groups is 2. The third-order valence-corrected chi connectivity index (χ3v) is 5.85. The first-order valence-electron chi connectivity index (χ1n) is 11.1. The van der Waals surface area contributed by atoms with Crippen LogP contribution in [0.4, 0.5) is 18.9 Å². The molecule has 0 bridgehead atoms. The Balaban J connectivity index is 1.26. The van der Waals surface area contributed by atoms with Crippen molar-refractivity contribution >= 4 is 17.5 Å². The summed E-state index contributed by atoms with van der Waals surface area (Å²) in [5.41, 5.74) is 0.922. The van der Waals surface area contributed by atoms with Gasteiger partial charge in [-0.3, -0.25) is 19.4 Å². The van der Waals surface area contributed by atoms with Crippen molar-refractivity contribution in [2.45, 2.75) is 31.6 Å². The fraction of sp³-hybridized carbons (Fsp3) is 0.417. The minimum atomic E-state index is -4.35. The minimum absolute atomic E-state index is 0.184. The van der Waals surface area contributed by atoms with Gasteiger partial charge in [0.25, 0.3) is 5.91 Å². The number of benzene rings is 2. The lowest BCUT2D eigenvalue weighted by Gasteiger charge is -2.34. The van der Waals surface area contributed by atoms with Gasteiger partial charge in [0.2, 0.25) is 5.91 Å². The van der Waals surface area contributed by atoms with Crippen molar-refractivity contribution in [2.24, 2.45) is 0 Å². The van der Waals surface area contributed by atoms with E-state index in [2.05, 4.69) is 15.5 Å². The number of nitrogens with one attached hydrogen (secondary N) is 2. The van der Waals surface area contributed by atoms with Gasteiger partial charge >= 0.3 is 6.18 Å². The third kappa shape index (κ3) is 6.55. The first kappa shape index (κ1) is 23.3. The molecule has 2 amide bonds. The maximum atomic E-state index is 12.9. The highest BCUT2D eigenvalue weighted by atomic mass is 19.4. The predicted molar refractivity (Wildman–Crippen MR) is 119 cm³/mol. The molecule has 1 saturated carbocycles. The fourth-order valence-electron chi connectivity index (χ4n) is 3.88. The van der Waals surface area contributed by atoms with E-state index in [0.717, 1.165) is 18.9 Å². The van der Waals surface area contributed by atoms with Crippen molar-refractivity contribution < 1.29 is 22.8 Å². The smallest absolute Gasteiger partial charge is 0.349 e. The van der Waals surface area contributed by atoms with Crippen LogP contribution >= 0.6 is 0 Å². The molecule has 9 heteroatoms. The average Bonchev–Trinajstić information content (AvgIpc) is 3.59. The van der Waals surface area contributed by atoms with Gasteiger partial charge in [-0.25, -0.2) is 0 Å². The molecule has 1 saturated heterocycles. The number of hydrogen-bond donors (Lipinski definition) is 2. The second-order valence-corrected chi connectivity index (χ2v) is 8.59. The standard InChI is InChI=1S/C24H27F3N4O2/c25-24(26,27)18-5-3-4-17(14-18)15-30-10-12-31(13-11-30)16-22(32)29-21-7-2-1-6-20(21)23(33)28-19-8-9-19/h1-7,14,19H,8-13,15-16H2,(H,28,33)(H,29,32). The molecule has 2 aromatic rings. The van der Waals surface area contributed by atoms with Crippen molar-refractivity contribution in [1.82, 2.24) is 15.1 Å². The fourth-order valence-corrected chi connectivity index (χ4v) is 3.88. The van der Waals surface area contributed by atoms with Gasteiger partial charge in [-0.15, -0.1) is 0 Å². The summed E-state index contributed by atoms with van der Waals surface area (Å²) in [7, 11) is 0. The number of halogens is 3. The quantitative estimate of drug-likeness (QED) is 0.665. The van der Waals surface area contributed by atoms with Crippen molar-refractivity contribution in [3.8, 4) is 0 Å². The van der Waals surface area contributed by atoms with E-state index in [1.807, 2.05) is 4.90 Å². The lowest BCUT2D eigenvalue weighted by Crippen LogP contribution is -2.48. The highest BCUT2D eigenvalue weighted by molar-refractivity contribution is 6.04. The topological polar surface area (TPSA) is 64.7 Å². The van der Waals surface area contributed by atoms with Gasteiger partial charge in [0.05, 0.1) is 23.4 Å². The number of amides is 2. The summed E-state index contributed by atoms with van der Waals surface area (Å²) in [6.45, 7) is 3.21. The number of para-hydroxylation sites is 1. The molecule has 2 N–H and O–H groups in total. The number of alkyl halides is 3. The molecule has 2 aromatic carbocycles. The number of nitrogens with zero attached hydrogens (tertiary/aromatic N) is 2. The summed E-state index contributed by atoms with van der Waals surface area (Å²) in [4.78, 5) is 29.1. The van der Waals surface area contributed by atoms with Crippen LogP contribution in [0.5, 0.6) is 0 Å². The summed E-state index contributed by atoms with van der Waals surface area (Å²) in [6.07, 6.45) is -2.38. The van der Waals surface area contributed by atoms with Crippen molar-refractivity contribution in [1.29, 1.82) is 0 Å². The van der Waals surface area contributed by atoms with Gasteiger partial charge < -0.3 is 10.6 Å². The van der Waals surface area contributed by atoms with Crippen LogP contribution in [0.2, 0.25) is 0 Å². The van der Waals surface area contributed by atoms with E-state index in [0.29, 0.717) is 49.5 Å². The van der Waals surface area contributed by atoms with Crippen LogP contribution in [0, 0.1) is 0 Å². The molecule has 1 aliphatic heterocycles. The SMILES string of the molecule is O=C(CN1CCN(Cc2cccc(C(F)(F)F)c2)CC1)Nc1ccccc1C(=O)NC1CC1. The summed E-state index contributed by atoms with van der Waals surface area (Å²) < 4.78 is 38.8. The van der Waals surface area contributed by atoms with Crippen LogP contribution in [0.25, 0.3) is 0 Å². The van der Waals surface area contributed by atoms with Crippen molar-refractivity contribution in [3.63, 3.8) is 0 Å². The Morgan fingerprint density at radius 2 is 1.64 bits per heavy atom. The van der Waals surface area contributed by atoms with Crippen LogP contribution in [0.1, 0.15) is 34.3 Å². The Morgan fingerprint density at radius 3 is 2.33 bits per heavy atom. The Morgan fingerprint density at radius 1 is 0.939 bits per heavy atom. The first-order chi connectivity index (χ1) is 15.8. The molecule has 0 atom stereocenters. The monoisotopic (exact) mass is 460 g/mol. The number of carbonyl (C=O) groups excluding carboxylic acids is 2. The number of rotatable bonds is 7. The lowest BCUT2D eigenvalue weighted by molar-refractivity contribution is -0.137. The summed E-state index contributed by atoms with van der Waals surface area (Å²) in [6, 6.07) is 12.6. The van der Waals surface area contributed by atoms with E-state index >= 15 is 0 Å². The van der Waals surface area contributed by atoms with Gasteiger partial charge in [-0.1, -0.05) is 30.3 Å². The Hall–Kier alpha value is -2.91. The summed E-state index contributed by atoms with van der Waals surface area (Å²) in [5.74, 6) is -0.385. The van der Waals surface area contributed by atoms with E-state index in [1.54, 1.807) is 30.3 Å². The molecular formula is C24H27F3N4O2. The van der Waals surface area contributed by atoms with E-state index < -0.39 is 11.7 Å². The molecule has 0 aromatic heterocycles. The molecule has 6 nitrogen and oxygen atoms in total. The van der Waals surface area contributed by atoms with Gasteiger partial charge in [0.15, 0.2) is 0 Å². The van der Waals surface area contributed by atoms with E-state index in [9.17, 15) is 22.8 Å². The average molecular weight is 461 g/mol. The van der Waals surface area contributed by atoms with E-state index in [-0.39, 0.29) is 24.4 Å². The van der Waals surface area contributed by atoms with Crippen molar-refractivity contribution in [2.75, 3.05) is 38.0 Å². The van der Waals surface area contributed by atoms with Crippen LogP contribution < -0.4 is 10.6 Å². The molecule has 33 heavy (non-hydrogen) atoms. The number of hydrogen-bond acceptors (Lipinski definition) is 4. The Labute approximate surface area is 190 Å². The van der Waals surface area contributed by atoms with E-state index in [1.165, 1.54) is 12.1 Å². The highest BCUT2D eigenvalue weighted by Gasteiger charge is 2.30. The molecule has 0 unspecified atom stereocenters. The van der Waals surface area contributed by atoms with Crippen LogP contribution in [0.15, 0.2) is 48.5 Å². The minimum Gasteiger partial charge on any atom is -0.349 e. The zero-order valence-corrected chi connectivity index (χ0v) is 18.2. The molecule has 1 heterocycles. The third-order valence-electron chi connectivity index (χ3n) is 5.85. The van der Waals surface area contributed by atoms with E-state index in [4.69, 9.17) is 0 Å². The second kappa shape index (κ2) is 9.93. The number of anilines is 1. The van der Waals surface area contributed by atoms with Crippen LogP contribution in [-0.2, 0) is 17.5 Å². The van der Waals surface area contributed by atoms with Crippen LogP contribution in [0.3, 0.4) is 0 Å². The molecule has 176 valence electrons. The Kier molecular flexibility index (Phi) is 6.99. The second-order valence-electron chi connectivity index (χ2n) is 8.59. The highest BCUT2D eigenvalue weighted by Crippen LogP contribution is 2.30. The molecule has 2 aliphatic rings. The summed E-state index contributed by atoms with van der Waals surface area (Å²) >= 11 is 0. The lowest BCUT2D eigenvalue weighted by atomic mass is 10.1. The van der Waals surface area contributed by atoms with Crippen LogP contribution in [-0.4, -0.2) is 60.4 Å². The maximum absolute atomic E-state index is 12.9. The molecule has 0 radical (unpaired) electrons. The van der Waals surface area contributed by atoms with Gasteiger partial charge in [0, 0.05) is 38.8 Å². The zero-order chi connectivity index (χ0) is 23.4. The normalized spacial score (nSPS) is 17.5. The molecule has 1 aliphatic carbocycles. The molecule has 4 rings (SSSR count). The molecule has 2 fully saturated rings. The molecular weight excluding hydrogens is 433 g/mol. The zero-order valence-electron chi connectivity index (χ0n) is 18.2. The maximum Gasteiger partial charge on any atom is 0.416 e. The molecule has 0 spiro atoms. The van der Waals surface area contributed by atoms with Gasteiger partial charge in [-0.2, -0.15) is 13.2 Å². The first-order valence-corrected chi connectivity index (χ1v) is 11.1. The van der Waals surface area contributed by atoms with Gasteiger partial charge in [0.1, 0.15) is 0 Å². The largest absolute Gasteiger partial charge is 0.416 e. The van der Waals surface area contributed by atoms with Gasteiger partial charge in [-0.05, 0) is 36.6 Å². The number of piperazine rings is 1. The van der Waals surface area contributed by atoms with Crippen molar-refractivity contribution in [3.05, 3.63) is 65.2 Å². The predicted octanol–water partition coefficient (Wildman–Crippen LogP) is 3.35. The Bertz CT molecular complexity index is 999.